The fourth-order valence-corrected chi connectivity index (χ4v) is 3.76. The molecule has 1 aliphatic carbocycles. The van der Waals surface area contributed by atoms with Gasteiger partial charge in [0, 0.05) is 17.3 Å². The maximum absolute atomic E-state index is 9.71. The first-order chi connectivity index (χ1) is 14.1. The number of imidazole rings is 1. The number of anilines is 3. The Morgan fingerprint density at radius 2 is 1.97 bits per heavy atom. The van der Waals surface area contributed by atoms with Crippen LogP contribution in [0, 0.1) is 0 Å². The minimum atomic E-state index is -0.206. The van der Waals surface area contributed by atoms with Crippen LogP contribution in [0.4, 0.5) is 17.6 Å². The number of nitrogens with zero attached hydrogens (tertiary/aromatic N) is 3. The molecule has 0 saturated heterocycles. The van der Waals surface area contributed by atoms with Crippen molar-refractivity contribution in [2.24, 2.45) is 0 Å². The molecule has 1 saturated carbocycles. The predicted octanol–water partition coefficient (Wildman–Crippen LogP) is 3.51. The third-order valence-corrected chi connectivity index (χ3v) is 5.27. The monoisotopic (exact) mass is 390 g/mol. The molecule has 2 heterocycles. The number of aromatic amines is 1. The molecule has 2 aromatic carbocycles. The van der Waals surface area contributed by atoms with E-state index in [0.717, 1.165) is 59.1 Å². The second kappa shape index (κ2) is 7.21. The number of ether oxygens (including phenoxy) is 1. The van der Waals surface area contributed by atoms with E-state index in [1.165, 1.54) is 0 Å². The lowest BCUT2D eigenvalue weighted by atomic mass is 9.95. The Labute approximate surface area is 167 Å². The Bertz CT molecular complexity index is 1170. The third kappa shape index (κ3) is 3.66. The van der Waals surface area contributed by atoms with Crippen molar-refractivity contribution in [2.45, 2.75) is 37.9 Å². The van der Waals surface area contributed by atoms with Gasteiger partial charge < -0.3 is 25.9 Å². The maximum Gasteiger partial charge on any atom is 0.227 e. The summed E-state index contributed by atoms with van der Waals surface area (Å²) in [5.74, 6) is 1.61. The van der Waals surface area contributed by atoms with E-state index < -0.39 is 0 Å². The molecule has 2 aromatic heterocycles. The average Bonchev–Trinajstić information content (AvgIpc) is 3.09. The molecule has 0 radical (unpaired) electrons. The smallest absolute Gasteiger partial charge is 0.227 e. The van der Waals surface area contributed by atoms with E-state index in [1.807, 2.05) is 36.4 Å². The van der Waals surface area contributed by atoms with Crippen LogP contribution in [-0.2, 0) is 0 Å². The molecule has 5 rings (SSSR count). The molecule has 8 heteroatoms. The van der Waals surface area contributed by atoms with Gasteiger partial charge in [0.1, 0.15) is 11.3 Å². The topological polar surface area (TPSA) is 122 Å². The van der Waals surface area contributed by atoms with Gasteiger partial charge in [-0.3, -0.25) is 0 Å². The van der Waals surface area contributed by atoms with Crippen LogP contribution < -0.4 is 15.8 Å². The van der Waals surface area contributed by atoms with Crippen LogP contribution in [0.2, 0.25) is 0 Å². The minimum absolute atomic E-state index is 0.101. The van der Waals surface area contributed by atoms with Crippen molar-refractivity contribution in [3.63, 3.8) is 0 Å². The van der Waals surface area contributed by atoms with Gasteiger partial charge in [-0.2, -0.15) is 0 Å². The number of hydrogen-bond acceptors (Lipinski definition) is 7. The number of aliphatic hydroxyl groups is 1. The van der Waals surface area contributed by atoms with E-state index in [9.17, 15) is 5.11 Å². The Morgan fingerprint density at radius 3 is 2.83 bits per heavy atom. The van der Waals surface area contributed by atoms with E-state index in [2.05, 4.69) is 25.3 Å². The minimum Gasteiger partial charge on any atom is -0.488 e. The lowest BCUT2D eigenvalue weighted by Gasteiger charge is -2.26. The van der Waals surface area contributed by atoms with E-state index in [4.69, 9.17) is 10.5 Å². The summed E-state index contributed by atoms with van der Waals surface area (Å²) >= 11 is 0. The second-order valence-electron chi connectivity index (χ2n) is 7.41. The lowest BCUT2D eigenvalue weighted by molar-refractivity contribution is 0.0672. The summed E-state index contributed by atoms with van der Waals surface area (Å²) in [6, 6.07) is 11.6. The van der Waals surface area contributed by atoms with Crippen LogP contribution in [0.5, 0.6) is 5.75 Å². The molecule has 0 spiro atoms. The normalized spacial score (nSPS) is 19.5. The largest absolute Gasteiger partial charge is 0.488 e. The van der Waals surface area contributed by atoms with Crippen LogP contribution in [0.3, 0.4) is 0 Å². The fraction of sp³-hybridized carbons (Fsp3) is 0.286. The van der Waals surface area contributed by atoms with Gasteiger partial charge in [0.05, 0.1) is 23.2 Å². The van der Waals surface area contributed by atoms with Crippen molar-refractivity contribution in [3.8, 4) is 5.75 Å². The van der Waals surface area contributed by atoms with Gasteiger partial charge in [-0.25, -0.2) is 15.0 Å². The third-order valence-electron chi connectivity index (χ3n) is 5.27. The van der Waals surface area contributed by atoms with Gasteiger partial charge in [0.15, 0.2) is 5.95 Å². The number of aromatic nitrogens is 4. The van der Waals surface area contributed by atoms with E-state index in [-0.39, 0.29) is 12.2 Å². The molecule has 0 bridgehead atoms. The highest BCUT2D eigenvalue weighted by atomic mass is 16.5. The summed E-state index contributed by atoms with van der Waals surface area (Å²) in [5.41, 5.74) is 8.97. The number of nitrogen functional groups attached to an aromatic ring is 1. The number of rotatable bonds is 4. The number of nitrogens with two attached hydrogens (primary N) is 1. The zero-order valence-electron chi connectivity index (χ0n) is 15.8. The Kier molecular flexibility index (Phi) is 4.40. The number of H-pyrrole nitrogens is 1. The summed E-state index contributed by atoms with van der Waals surface area (Å²) in [6.07, 6.45) is 4.93. The van der Waals surface area contributed by atoms with Gasteiger partial charge in [-0.1, -0.05) is 12.1 Å². The SMILES string of the molecule is Nc1nc2ccc(Nc3ncc4cccc(O[C@H]5CC[C@@H](O)CC5)c4n3)cc2[nH]1. The Balaban J connectivity index is 1.42. The summed E-state index contributed by atoms with van der Waals surface area (Å²) in [7, 11) is 0. The van der Waals surface area contributed by atoms with Crippen molar-refractivity contribution in [1.82, 2.24) is 19.9 Å². The first-order valence-corrected chi connectivity index (χ1v) is 9.77. The van der Waals surface area contributed by atoms with Gasteiger partial charge in [-0.05, 0) is 49.9 Å². The summed E-state index contributed by atoms with van der Waals surface area (Å²) in [6.45, 7) is 0. The van der Waals surface area contributed by atoms with E-state index >= 15 is 0 Å². The van der Waals surface area contributed by atoms with Crippen LogP contribution in [0.15, 0.2) is 42.6 Å². The molecule has 4 aromatic rings. The second-order valence-corrected chi connectivity index (χ2v) is 7.41. The highest BCUT2D eigenvalue weighted by Crippen LogP contribution is 2.29. The highest BCUT2D eigenvalue weighted by Gasteiger charge is 2.21. The number of nitrogens with one attached hydrogen (secondary N) is 2. The number of fused-ring (bicyclic) bond motifs is 2. The molecule has 8 nitrogen and oxygen atoms in total. The van der Waals surface area contributed by atoms with Gasteiger partial charge in [-0.15, -0.1) is 0 Å². The number of aliphatic hydroxyl groups excluding tert-OH is 1. The average molecular weight is 390 g/mol. The molecule has 1 fully saturated rings. The standard InChI is InChI=1S/C21H22N6O2/c22-20-25-16-9-4-13(10-17(16)26-20)24-21-23-11-12-2-1-3-18(19(12)27-21)29-15-7-5-14(28)6-8-15/h1-4,9-11,14-15,28H,5-8H2,(H3,22,25,26)(H,23,24,27)/t14-,15+. The first-order valence-electron chi connectivity index (χ1n) is 9.77. The van der Waals surface area contributed by atoms with Crippen LogP contribution in [-0.4, -0.2) is 37.3 Å². The molecular weight excluding hydrogens is 368 g/mol. The molecule has 29 heavy (non-hydrogen) atoms. The van der Waals surface area contributed by atoms with Crippen molar-refractivity contribution < 1.29 is 9.84 Å². The van der Waals surface area contributed by atoms with Crippen LogP contribution in [0.25, 0.3) is 21.9 Å². The number of hydrogen-bond donors (Lipinski definition) is 4. The predicted molar refractivity (Wildman–Crippen MR) is 112 cm³/mol. The molecule has 1 aliphatic rings. The molecule has 0 aliphatic heterocycles. The lowest BCUT2D eigenvalue weighted by Crippen LogP contribution is -2.26. The number of para-hydroxylation sites is 1. The van der Waals surface area contributed by atoms with E-state index in [1.54, 1.807) is 6.20 Å². The summed E-state index contributed by atoms with van der Waals surface area (Å²) in [5, 5.41) is 13.9. The Hall–Kier alpha value is -3.39. The van der Waals surface area contributed by atoms with Gasteiger partial charge in [0.25, 0.3) is 0 Å². The molecule has 148 valence electrons. The quantitative estimate of drug-likeness (QED) is 0.420. The molecule has 0 unspecified atom stereocenters. The first kappa shape index (κ1) is 17.7. The molecule has 0 atom stereocenters. The van der Waals surface area contributed by atoms with Gasteiger partial charge >= 0.3 is 0 Å². The molecular formula is C21H22N6O2. The zero-order valence-corrected chi connectivity index (χ0v) is 15.8. The summed E-state index contributed by atoms with van der Waals surface area (Å²) < 4.78 is 6.23. The number of benzene rings is 2. The van der Waals surface area contributed by atoms with Crippen LogP contribution >= 0.6 is 0 Å². The fourth-order valence-electron chi connectivity index (χ4n) is 3.76. The van der Waals surface area contributed by atoms with Crippen molar-refractivity contribution in [3.05, 3.63) is 42.6 Å². The maximum atomic E-state index is 9.71. The van der Waals surface area contributed by atoms with Gasteiger partial charge in [0.2, 0.25) is 5.95 Å². The van der Waals surface area contributed by atoms with Crippen molar-refractivity contribution in [1.29, 1.82) is 0 Å². The Morgan fingerprint density at radius 1 is 1.10 bits per heavy atom. The zero-order chi connectivity index (χ0) is 19.8. The highest BCUT2D eigenvalue weighted by molar-refractivity contribution is 5.85. The molecule has 0 amide bonds. The van der Waals surface area contributed by atoms with Crippen LogP contribution in [0.1, 0.15) is 25.7 Å². The van der Waals surface area contributed by atoms with E-state index in [0.29, 0.717) is 11.9 Å². The van der Waals surface area contributed by atoms with Crippen molar-refractivity contribution >= 4 is 39.5 Å². The van der Waals surface area contributed by atoms with Crippen molar-refractivity contribution in [2.75, 3.05) is 11.1 Å². The summed E-state index contributed by atoms with van der Waals surface area (Å²) in [4.78, 5) is 16.3. The molecule has 5 N–H and O–H groups in total.